The Kier molecular flexibility index (Phi) is 24.5. The number of hydrogen-bond acceptors (Lipinski definition) is 30. The molecule has 8 aliphatic heterocycles. The summed E-state index contributed by atoms with van der Waals surface area (Å²) in [7, 11) is 0. The molecule has 0 saturated carbocycles. The third-order valence-corrected chi connectivity index (χ3v) is 17.9. The zero-order valence-electron chi connectivity index (χ0n) is 63.0. The molecule has 0 saturated heterocycles. The number of nitrogens with one attached hydrogen (secondary N) is 5. The van der Waals surface area contributed by atoms with Gasteiger partial charge >= 0.3 is 17.9 Å². The van der Waals surface area contributed by atoms with Crippen LogP contribution in [-0.2, 0) is 37.0 Å². The smallest absolute Gasteiger partial charge is 0.363 e. The summed E-state index contributed by atoms with van der Waals surface area (Å²) in [4.78, 5) is 100. The molecule has 13 N–H and O–H groups in total. The Morgan fingerprint density at radius 2 is 0.689 bits per heavy atom. The first-order chi connectivity index (χ1) is 58.9. The van der Waals surface area contributed by atoms with Crippen molar-refractivity contribution in [2.75, 3.05) is 54.1 Å². The van der Waals surface area contributed by atoms with E-state index in [1.165, 1.54) is 66.7 Å². The maximum atomic E-state index is 13.2. The Hall–Kier alpha value is -17.2. The molecule has 10 aromatic rings. The number of ether oxygens (including phenoxy) is 15. The summed E-state index contributed by atoms with van der Waals surface area (Å²) >= 11 is 0. The van der Waals surface area contributed by atoms with Crippen LogP contribution in [0.2, 0.25) is 0 Å². The van der Waals surface area contributed by atoms with Crippen LogP contribution in [-0.4, -0.2) is 148 Å². The second-order valence-electron chi connectivity index (χ2n) is 26.1. The lowest BCUT2D eigenvalue weighted by atomic mass is 10.1. The van der Waals surface area contributed by atoms with Crippen molar-refractivity contribution in [1.29, 1.82) is 0 Å². The zero-order valence-corrected chi connectivity index (χ0v) is 63.0. The number of cyclic esters (lactones) is 1. The number of carbonyl (C=O) groups excluding carboxylic acids is 6. The SMILES string of the molecule is O=C(NCc1ccc(O)c(O)c1)/C(=C\c1ccc(O)c(O)c1)NC(=O)c1ccc(O)c(O)c1.O=C(NCc1ccc2c(c1)OCO2)/C(=C\c1ccc2c(c1)OCO2)NC(=O)c1ccc2c(c1)OCO2.O=C(O)CNC(=O)c1ccc2c(c1)OCO2.O=C(O)c1ccc2c(c1)OCO2.O=C1OC(c2ccc3c(c2)OCO3)=N/C1=C/c1ccc2c(c1)OCO2. The summed E-state index contributed by atoms with van der Waals surface area (Å²) < 4.78 is 78.8. The lowest BCUT2D eigenvalue weighted by Crippen LogP contribution is -2.34. The minimum atomic E-state index is -1.09. The molecule has 0 radical (unpaired) electrons. The summed E-state index contributed by atoms with van der Waals surface area (Å²) in [5.74, 6) is 0.569. The van der Waals surface area contributed by atoms with Gasteiger partial charge in [0.05, 0.1) is 5.56 Å². The number of carboxylic acids is 2. The number of aromatic carboxylic acids is 1. The number of esters is 1. The van der Waals surface area contributed by atoms with E-state index >= 15 is 0 Å². The van der Waals surface area contributed by atoms with Crippen molar-refractivity contribution in [1.82, 2.24) is 26.6 Å². The number of carboxylic acid groups (broad SMARTS) is 2. The third-order valence-electron chi connectivity index (χ3n) is 17.9. The van der Waals surface area contributed by atoms with Crippen LogP contribution in [0.4, 0.5) is 0 Å². The van der Waals surface area contributed by atoms with E-state index in [2.05, 4.69) is 31.6 Å². The molecule has 0 aromatic heterocycles. The van der Waals surface area contributed by atoms with Crippen LogP contribution in [0, 0.1) is 0 Å². The fourth-order valence-corrected chi connectivity index (χ4v) is 11.7. The van der Waals surface area contributed by atoms with E-state index < -0.39 is 71.2 Å². The maximum Gasteiger partial charge on any atom is 0.363 e. The fourth-order valence-electron chi connectivity index (χ4n) is 11.7. The minimum absolute atomic E-state index is 0.0407. The first-order valence-electron chi connectivity index (χ1n) is 36.2. The molecule has 8 aliphatic rings. The summed E-state index contributed by atoms with van der Waals surface area (Å²) in [5.41, 5.74) is 4.49. The zero-order chi connectivity index (χ0) is 85.5. The molecule has 0 atom stereocenters. The Morgan fingerprint density at radius 3 is 1.18 bits per heavy atom. The van der Waals surface area contributed by atoms with Gasteiger partial charge in [0.15, 0.2) is 121 Å². The molecule has 10 aromatic carbocycles. The van der Waals surface area contributed by atoms with Gasteiger partial charge in [-0.3, -0.25) is 28.8 Å². The molecule has 0 spiro atoms. The average Bonchev–Trinajstić information content (AvgIpc) is 1.65. The maximum absolute atomic E-state index is 13.2. The third kappa shape index (κ3) is 20.2. The van der Waals surface area contributed by atoms with Gasteiger partial charge < -0.3 is 138 Å². The molecule has 37 nitrogen and oxygen atoms in total. The van der Waals surface area contributed by atoms with Crippen LogP contribution in [0.25, 0.3) is 18.2 Å². The molecule has 5 amide bonds. The first kappa shape index (κ1) is 81.4. The lowest BCUT2D eigenvalue weighted by Gasteiger charge is -2.12. The number of aliphatic imine (C=N–C) groups is 1. The predicted molar refractivity (Wildman–Crippen MR) is 419 cm³/mol. The van der Waals surface area contributed by atoms with Crippen molar-refractivity contribution in [3.8, 4) is 115 Å². The number of benzene rings is 10. The van der Waals surface area contributed by atoms with Crippen molar-refractivity contribution in [2.45, 2.75) is 13.1 Å². The molecule has 122 heavy (non-hydrogen) atoms. The van der Waals surface area contributed by atoms with Crippen molar-refractivity contribution < 1.29 is 150 Å². The van der Waals surface area contributed by atoms with Gasteiger partial charge in [-0.05, 0) is 198 Å². The Labute approximate surface area is 687 Å². The minimum Gasteiger partial charge on any atom is -0.504 e. The van der Waals surface area contributed by atoms with E-state index in [9.17, 15) is 69.0 Å². The molecule has 622 valence electrons. The van der Waals surface area contributed by atoms with Gasteiger partial charge in [-0.25, -0.2) is 14.6 Å². The number of hydrogen-bond donors (Lipinski definition) is 13. The number of amides is 5. The highest BCUT2D eigenvalue weighted by atomic mass is 16.7. The Morgan fingerprint density at radius 1 is 0.336 bits per heavy atom. The van der Waals surface area contributed by atoms with Gasteiger partial charge in [-0.1, -0.05) is 30.3 Å². The number of aliphatic carboxylic acids is 1. The van der Waals surface area contributed by atoms with Gasteiger partial charge in [-0.15, -0.1) is 0 Å². The number of carbonyl (C=O) groups is 8. The predicted octanol–water partition coefficient (Wildman–Crippen LogP) is 8.80. The van der Waals surface area contributed by atoms with Crippen molar-refractivity contribution >= 4 is 71.6 Å². The summed E-state index contributed by atoms with van der Waals surface area (Å²) in [6.45, 7) is 0.823. The molecular formula is C85H66N6O31. The fraction of sp³-hybridized carbons (Fsp3) is 0.118. The van der Waals surface area contributed by atoms with Crippen LogP contribution in [0.15, 0.2) is 204 Å². The number of fused-ring (bicyclic) bond motifs is 7. The molecule has 18 rings (SSSR count). The summed E-state index contributed by atoms with van der Waals surface area (Å²) in [6, 6.07) is 46.5. The van der Waals surface area contributed by atoms with E-state index in [1.54, 1.807) is 109 Å². The highest BCUT2D eigenvalue weighted by molar-refractivity contribution is 6.13. The molecular weight excluding hydrogens is 1600 g/mol. The van der Waals surface area contributed by atoms with Crippen LogP contribution < -0.4 is 92.9 Å². The highest BCUT2D eigenvalue weighted by Crippen LogP contribution is 2.40. The quantitative estimate of drug-likeness (QED) is 0.0217. The van der Waals surface area contributed by atoms with E-state index in [0.717, 1.165) is 23.3 Å². The number of aromatic hydroxyl groups is 6. The van der Waals surface area contributed by atoms with Crippen LogP contribution in [0.5, 0.6) is 115 Å². The Balaban J connectivity index is 0.000000130. The van der Waals surface area contributed by atoms with Gasteiger partial charge in [0, 0.05) is 35.3 Å². The Bertz CT molecular complexity index is 5960. The van der Waals surface area contributed by atoms with Crippen LogP contribution >= 0.6 is 0 Å². The van der Waals surface area contributed by atoms with Crippen molar-refractivity contribution in [2.24, 2.45) is 4.99 Å². The van der Waals surface area contributed by atoms with E-state index in [0.29, 0.717) is 108 Å². The number of nitrogens with zero attached hydrogens (tertiary/aromatic N) is 1. The molecule has 0 fully saturated rings. The van der Waals surface area contributed by atoms with Gasteiger partial charge in [0.2, 0.25) is 53.4 Å². The highest BCUT2D eigenvalue weighted by Gasteiger charge is 2.29. The number of rotatable bonds is 18. The van der Waals surface area contributed by atoms with Gasteiger partial charge in [-0.2, -0.15) is 0 Å². The van der Waals surface area contributed by atoms with Gasteiger partial charge in [0.1, 0.15) is 17.9 Å². The van der Waals surface area contributed by atoms with Gasteiger partial charge in [0.25, 0.3) is 29.5 Å². The van der Waals surface area contributed by atoms with E-state index in [-0.39, 0.29) is 118 Å². The topological polar surface area (TPSA) is 509 Å². The first-order valence-corrected chi connectivity index (χ1v) is 36.2. The molecule has 0 unspecified atom stereocenters. The van der Waals surface area contributed by atoms with Crippen LogP contribution in [0.1, 0.15) is 74.8 Å². The summed E-state index contributed by atoms with van der Waals surface area (Å²) in [6.07, 6.45) is 4.47. The van der Waals surface area contributed by atoms with Crippen LogP contribution in [0.3, 0.4) is 0 Å². The lowest BCUT2D eigenvalue weighted by molar-refractivity contribution is -0.136. The average molecular weight is 1670 g/mol. The van der Waals surface area contributed by atoms with E-state index in [4.69, 9.17) is 81.3 Å². The molecule has 37 heteroatoms. The molecule has 0 aliphatic carbocycles. The van der Waals surface area contributed by atoms with Crippen molar-refractivity contribution in [3.63, 3.8) is 0 Å². The molecule has 8 heterocycles. The monoisotopic (exact) mass is 1670 g/mol. The second kappa shape index (κ2) is 36.8. The number of phenols is 6. The van der Waals surface area contributed by atoms with Crippen molar-refractivity contribution in [3.05, 3.63) is 255 Å². The van der Waals surface area contributed by atoms with E-state index in [1.807, 2.05) is 12.1 Å². The molecule has 0 bridgehead atoms. The standard InChI is InChI=1S/C26H20N2O8.C23H20N2O8.C18H11NO6.C10H9NO5.C8H6O4/c29-25(17-3-6-21-24(10-17)36-14-33-21)28-18(7-15-1-4-19-22(8-15)34-12-31-19)26(30)27-11-16-2-5-20-23(9-16)35-13-32-20;26-16-4-1-12(8-19(16)29)7-15(25-22(32)14-3-6-18(28)21(31)10-14)23(33)24-11-13-2-5-17(27)20(30)9-13;20-18-12(5-10-1-3-13-15(6-10)23-8-21-13)19-17(25-18)11-2-4-14-16(7-11)24-9-22-14;12-9(13)4-11-10(14)6-1-2-7-8(3-6)16-5-15-7;9-8(10)5-1-2-6-7(3-5)12-4-11-6/h1-10H,11-14H2,(H,27,30)(H,28,29);1-10,26-31H,11H2,(H,24,33)(H,25,32);1-7H,8-9H2;1-3H,4-5H2,(H,11,14)(H,12,13);1-3H,4H2,(H,9,10)/b18-7+;15-7+;12-5+;;. The number of phenolic OH excluding ortho intramolecular Hbond substituents is 6. The summed E-state index contributed by atoms with van der Waals surface area (Å²) in [5, 5.41) is 87.0. The second-order valence-corrected chi connectivity index (χ2v) is 26.1. The normalized spacial score (nSPS) is 14.0. The largest absolute Gasteiger partial charge is 0.504 e.